The van der Waals surface area contributed by atoms with Gasteiger partial charge in [0.25, 0.3) is 0 Å². The number of hydrogen-bond donors (Lipinski definition) is 2. The van der Waals surface area contributed by atoms with Gasteiger partial charge in [-0.3, -0.25) is 4.79 Å². The van der Waals surface area contributed by atoms with Crippen LogP contribution >= 0.6 is 0 Å². The number of rotatable bonds is 3. The van der Waals surface area contributed by atoms with Crippen molar-refractivity contribution < 1.29 is 19.7 Å². The van der Waals surface area contributed by atoms with E-state index in [1.165, 1.54) is 0 Å². The zero-order valence-corrected chi connectivity index (χ0v) is 11.6. The Bertz CT molecular complexity index is 507. The molecule has 0 heterocycles. The summed E-state index contributed by atoms with van der Waals surface area (Å²) in [5, 5.41) is 20.4. The molecule has 0 bridgehead atoms. The van der Waals surface area contributed by atoms with Gasteiger partial charge in [0.05, 0.1) is 12.5 Å². The molecule has 19 heavy (non-hydrogen) atoms. The normalized spacial score (nSPS) is 22.7. The molecule has 1 atom stereocenters. The largest absolute Gasteiger partial charge is 0.497 e. The van der Waals surface area contributed by atoms with Gasteiger partial charge in [-0.1, -0.05) is 6.07 Å². The summed E-state index contributed by atoms with van der Waals surface area (Å²) in [4.78, 5) is 11.5. The molecular formula is C15H20O4. The van der Waals surface area contributed by atoms with E-state index in [0.29, 0.717) is 12.0 Å². The first-order valence-corrected chi connectivity index (χ1v) is 6.46. The number of methoxy groups -OCH3 is 1. The summed E-state index contributed by atoms with van der Waals surface area (Å²) < 4.78 is 5.18. The molecule has 1 aliphatic rings. The first kappa shape index (κ1) is 13.9. The molecule has 4 nitrogen and oxygen atoms in total. The molecule has 0 radical (unpaired) electrons. The van der Waals surface area contributed by atoms with E-state index in [4.69, 9.17) is 4.74 Å². The number of hydrogen-bond acceptors (Lipinski definition) is 3. The van der Waals surface area contributed by atoms with E-state index in [1.54, 1.807) is 33.1 Å². The first-order valence-electron chi connectivity index (χ1n) is 6.46. The quantitative estimate of drug-likeness (QED) is 0.879. The van der Waals surface area contributed by atoms with Crippen molar-refractivity contribution in [3.8, 4) is 5.75 Å². The fourth-order valence-corrected chi connectivity index (χ4v) is 2.80. The van der Waals surface area contributed by atoms with E-state index in [2.05, 4.69) is 0 Å². The van der Waals surface area contributed by atoms with Crippen molar-refractivity contribution in [3.63, 3.8) is 0 Å². The van der Waals surface area contributed by atoms with E-state index in [9.17, 15) is 15.0 Å². The van der Waals surface area contributed by atoms with Gasteiger partial charge in [-0.25, -0.2) is 0 Å². The number of aryl methyl sites for hydroxylation is 1. The van der Waals surface area contributed by atoms with Crippen LogP contribution in [0.1, 0.15) is 37.8 Å². The Morgan fingerprint density at radius 2 is 2.11 bits per heavy atom. The minimum atomic E-state index is -1.33. The molecule has 1 aromatic carbocycles. The summed E-state index contributed by atoms with van der Waals surface area (Å²) in [5.41, 5.74) is -0.871. The Morgan fingerprint density at radius 1 is 1.42 bits per heavy atom. The topological polar surface area (TPSA) is 66.8 Å². The molecule has 0 aliphatic heterocycles. The number of aliphatic hydroxyl groups is 1. The molecule has 1 unspecified atom stereocenters. The average Bonchev–Trinajstić information content (AvgIpc) is 2.38. The fraction of sp³-hybridized carbons (Fsp3) is 0.533. The van der Waals surface area contributed by atoms with Crippen LogP contribution in [-0.2, 0) is 16.8 Å². The maximum Gasteiger partial charge on any atom is 0.312 e. The van der Waals surface area contributed by atoms with E-state index in [-0.39, 0.29) is 0 Å². The highest BCUT2D eigenvalue weighted by atomic mass is 16.5. The maximum atomic E-state index is 11.5. The molecule has 0 fully saturated rings. The molecule has 0 saturated carbocycles. The van der Waals surface area contributed by atoms with E-state index < -0.39 is 17.0 Å². The van der Waals surface area contributed by atoms with Gasteiger partial charge in [-0.2, -0.15) is 0 Å². The Balaban J connectivity index is 2.56. The molecule has 0 aromatic heterocycles. The Labute approximate surface area is 113 Å². The molecule has 1 aromatic rings. The van der Waals surface area contributed by atoms with Crippen molar-refractivity contribution in [2.45, 2.75) is 38.7 Å². The lowest BCUT2D eigenvalue weighted by molar-refractivity contribution is -0.168. The number of carboxylic acid groups (broad SMARTS) is 1. The molecule has 2 rings (SSSR count). The van der Waals surface area contributed by atoms with Gasteiger partial charge in [0.2, 0.25) is 0 Å². The van der Waals surface area contributed by atoms with Crippen LogP contribution in [0.15, 0.2) is 18.2 Å². The van der Waals surface area contributed by atoms with Crippen molar-refractivity contribution in [1.82, 2.24) is 0 Å². The smallest absolute Gasteiger partial charge is 0.312 e. The van der Waals surface area contributed by atoms with Gasteiger partial charge < -0.3 is 14.9 Å². The summed E-state index contributed by atoms with van der Waals surface area (Å²) in [6.07, 6.45) is 2.07. The van der Waals surface area contributed by atoms with Crippen LogP contribution in [0, 0.1) is 5.41 Å². The zero-order valence-electron chi connectivity index (χ0n) is 11.6. The lowest BCUT2D eigenvalue weighted by Crippen LogP contribution is -2.49. The number of benzene rings is 1. The Morgan fingerprint density at radius 3 is 2.68 bits per heavy atom. The predicted molar refractivity (Wildman–Crippen MR) is 71.2 cm³/mol. The third-order valence-corrected chi connectivity index (χ3v) is 4.31. The predicted octanol–water partition coefficient (Wildman–Crippen LogP) is 2.33. The lowest BCUT2D eigenvalue weighted by Gasteiger charge is -2.43. The molecule has 0 saturated heterocycles. The highest BCUT2D eigenvalue weighted by Gasteiger charge is 2.51. The lowest BCUT2D eigenvalue weighted by atomic mass is 9.64. The summed E-state index contributed by atoms with van der Waals surface area (Å²) in [5.74, 6) is -0.255. The summed E-state index contributed by atoms with van der Waals surface area (Å²) in [7, 11) is 1.60. The van der Waals surface area contributed by atoms with E-state index in [0.717, 1.165) is 24.2 Å². The standard InChI is InChI=1S/C15H20O4/c1-14(2,13(16)17)15(18)8-4-5-10-9-11(19-3)6-7-12(10)15/h6-7,9,18H,4-5,8H2,1-3H3,(H,16,17). The highest BCUT2D eigenvalue weighted by molar-refractivity contribution is 5.76. The minimum Gasteiger partial charge on any atom is -0.497 e. The number of ether oxygens (including phenoxy) is 1. The maximum absolute atomic E-state index is 11.5. The Kier molecular flexibility index (Phi) is 3.31. The second-order valence-corrected chi connectivity index (χ2v) is 5.67. The number of carbonyl (C=O) groups is 1. The van der Waals surface area contributed by atoms with Crippen LogP contribution in [0.4, 0.5) is 0 Å². The SMILES string of the molecule is COc1ccc2c(c1)CCCC2(O)C(C)(C)C(=O)O. The van der Waals surface area contributed by atoms with E-state index >= 15 is 0 Å². The summed E-state index contributed by atoms with van der Waals surface area (Å²) in [6, 6.07) is 5.45. The second kappa shape index (κ2) is 4.53. The zero-order chi connectivity index (χ0) is 14.3. The first-order chi connectivity index (χ1) is 8.83. The molecule has 2 N–H and O–H groups in total. The highest BCUT2D eigenvalue weighted by Crippen LogP contribution is 2.48. The van der Waals surface area contributed by atoms with Crippen molar-refractivity contribution in [2.24, 2.45) is 5.41 Å². The van der Waals surface area contributed by atoms with Crippen molar-refractivity contribution in [1.29, 1.82) is 0 Å². The van der Waals surface area contributed by atoms with Gasteiger partial charge >= 0.3 is 5.97 Å². The minimum absolute atomic E-state index is 0.464. The van der Waals surface area contributed by atoms with Crippen LogP contribution < -0.4 is 4.74 Å². The number of carboxylic acids is 1. The average molecular weight is 264 g/mol. The summed E-state index contributed by atoms with van der Waals surface area (Å²) >= 11 is 0. The molecule has 0 spiro atoms. The second-order valence-electron chi connectivity index (χ2n) is 5.67. The van der Waals surface area contributed by atoms with Gasteiger partial charge in [0.1, 0.15) is 11.4 Å². The van der Waals surface area contributed by atoms with Crippen molar-refractivity contribution in [2.75, 3.05) is 7.11 Å². The van der Waals surface area contributed by atoms with Gasteiger partial charge in [0.15, 0.2) is 0 Å². The monoisotopic (exact) mass is 264 g/mol. The fourth-order valence-electron chi connectivity index (χ4n) is 2.80. The Hall–Kier alpha value is -1.55. The van der Waals surface area contributed by atoms with Crippen LogP contribution in [0.25, 0.3) is 0 Å². The van der Waals surface area contributed by atoms with Gasteiger partial charge in [-0.15, -0.1) is 0 Å². The van der Waals surface area contributed by atoms with Crippen LogP contribution in [0.3, 0.4) is 0 Å². The third-order valence-electron chi connectivity index (χ3n) is 4.31. The number of aliphatic carboxylic acids is 1. The van der Waals surface area contributed by atoms with Crippen molar-refractivity contribution in [3.05, 3.63) is 29.3 Å². The van der Waals surface area contributed by atoms with Gasteiger partial charge in [0, 0.05) is 0 Å². The van der Waals surface area contributed by atoms with Gasteiger partial charge in [-0.05, 0) is 56.4 Å². The molecule has 0 amide bonds. The molecule has 104 valence electrons. The third kappa shape index (κ3) is 2.00. The summed E-state index contributed by atoms with van der Waals surface area (Å²) in [6.45, 7) is 3.16. The van der Waals surface area contributed by atoms with Crippen LogP contribution in [0.2, 0.25) is 0 Å². The van der Waals surface area contributed by atoms with E-state index in [1.807, 2.05) is 6.07 Å². The number of fused-ring (bicyclic) bond motifs is 1. The van der Waals surface area contributed by atoms with Crippen molar-refractivity contribution >= 4 is 5.97 Å². The van der Waals surface area contributed by atoms with Crippen LogP contribution in [-0.4, -0.2) is 23.3 Å². The van der Waals surface area contributed by atoms with Crippen LogP contribution in [0.5, 0.6) is 5.75 Å². The molecule has 4 heteroatoms. The molecular weight excluding hydrogens is 244 g/mol. The molecule has 1 aliphatic carbocycles.